The lowest BCUT2D eigenvalue weighted by molar-refractivity contribution is -0.161. The van der Waals surface area contributed by atoms with Gasteiger partial charge in [0.25, 0.3) is 0 Å². The van der Waals surface area contributed by atoms with Gasteiger partial charge in [-0.05, 0) is 38.5 Å². The van der Waals surface area contributed by atoms with Crippen LogP contribution < -0.4 is 5.73 Å². The van der Waals surface area contributed by atoms with Gasteiger partial charge in [0.2, 0.25) is 0 Å². The Bertz CT molecular complexity index is 963. The summed E-state index contributed by atoms with van der Waals surface area (Å²) in [7, 11) is -4.71. The monoisotopic (exact) mass is 776 g/mol. The molecule has 0 saturated heterocycles. The molecule has 0 amide bonds. The van der Waals surface area contributed by atoms with Gasteiger partial charge in [0, 0.05) is 12.8 Å². The van der Waals surface area contributed by atoms with E-state index in [0.29, 0.717) is 12.8 Å². The standard InChI is InChI=1S/C41H78NO10P/c1-3-5-7-9-11-13-15-17-18-19-20-21-23-24-26-28-30-32-39(43)49-34-37(35-50-53(47,48)51-36-38(42)41(45)46)52-40(44)33-31-29-27-25-22-16-14-12-10-8-6-4-2/h13,15,37-38H,3-12,14,16-36,42H2,1-2H3,(H,45,46)(H,47,48)/b15-13+/t37-,38+/m0/s1. The van der Waals surface area contributed by atoms with Crippen molar-refractivity contribution in [2.24, 2.45) is 5.73 Å². The van der Waals surface area contributed by atoms with Crippen LogP contribution in [0.2, 0.25) is 0 Å². The minimum atomic E-state index is -4.71. The fourth-order valence-electron chi connectivity index (χ4n) is 5.88. The molecule has 0 aliphatic carbocycles. The number of aliphatic carboxylic acids is 1. The van der Waals surface area contributed by atoms with Gasteiger partial charge in [0.05, 0.1) is 13.2 Å². The van der Waals surface area contributed by atoms with Crippen molar-refractivity contribution >= 4 is 25.7 Å². The topological polar surface area (TPSA) is 172 Å². The minimum Gasteiger partial charge on any atom is -0.480 e. The van der Waals surface area contributed by atoms with Gasteiger partial charge in [-0.1, -0.05) is 161 Å². The van der Waals surface area contributed by atoms with Gasteiger partial charge in [-0.15, -0.1) is 0 Å². The van der Waals surface area contributed by atoms with E-state index in [1.165, 1.54) is 122 Å². The Labute approximate surface area is 322 Å². The first-order valence-electron chi connectivity index (χ1n) is 21.2. The maximum atomic E-state index is 12.6. The summed E-state index contributed by atoms with van der Waals surface area (Å²) >= 11 is 0. The number of hydrogen-bond acceptors (Lipinski definition) is 9. The molecule has 0 aromatic heterocycles. The summed E-state index contributed by atoms with van der Waals surface area (Å²) in [6.07, 6.45) is 35.6. The lowest BCUT2D eigenvalue weighted by atomic mass is 10.0. The van der Waals surface area contributed by atoms with Gasteiger partial charge in [0.1, 0.15) is 12.6 Å². The zero-order valence-electron chi connectivity index (χ0n) is 33.6. The number of carbonyl (C=O) groups excluding carboxylic acids is 2. The highest BCUT2D eigenvalue weighted by Gasteiger charge is 2.28. The smallest absolute Gasteiger partial charge is 0.472 e. The van der Waals surface area contributed by atoms with E-state index < -0.39 is 51.1 Å². The molecule has 12 heteroatoms. The zero-order chi connectivity index (χ0) is 39.3. The fourth-order valence-corrected chi connectivity index (χ4v) is 6.66. The Balaban J connectivity index is 4.33. The van der Waals surface area contributed by atoms with E-state index in [1.54, 1.807) is 0 Å². The molecular weight excluding hydrogens is 697 g/mol. The summed E-state index contributed by atoms with van der Waals surface area (Å²) in [5.74, 6) is -2.37. The second-order valence-corrected chi connectivity index (χ2v) is 15.9. The van der Waals surface area contributed by atoms with Crippen molar-refractivity contribution in [3.8, 4) is 0 Å². The first-order valence-corrected chi connectivity index (χ1v) is 22.7. The van der Waals surface area contributed by atoms with Gasteiger partial charge in [-0.3, -0.25) is 23.4 Å². The molecule has 1 unspecified atom stereocenters. The van der Waals surface area contributed by atoms with Crippen LogP contribution in [0, 0.1) is 0 Å². The molecule has 53 heavy (non-hydrogen) atoms. The van der Waals surface area contributed by atoms with Crippen LogP contribution in [0.5, 0.6) is 0 Å². The third-order valence-corrected chi connectivity index (χ3v) is 10.2. The summed E-state index contributed by atoms with van der Waals surface area (Å²) in [6, 6.07) is -1.52. The van der Waals surface area contributed by atoms with Crippen LogP contribution in [0.25, 0.3) is 0 Å². The van der Waals surface area contributed by atoms with E-state index in [4.69, 9.17) is 24.8 Å². The van der Waals surface area contributed by atoms with Gasteiger partial charge >= 0.3 is 25.7 Å². The average Bonchev–Trinajstić information content (AvgIpc) is 3.13. The number of esters is 2. The molecule has 0 aromatic rings. The zero-order valence-corrected chi connectivity index (χ0v) is 34.5. The van der Waals surface area contributed by atoms with E-state index in [0.717, 1.165) is 38.5 Å². The van der Waals surface area contributed by atoms with Crippen molar-refractivity contribution in [2.75, 3.05) is 19.8 Å². The predicted octanol–water partition coefficient (Wildman–Crippen LogP) is 10.9. The van der Waals surface area contributed by atoms with Crippen LogP contribution in [-0.4, -0.2) is 59.9 Å². The highest BCUT2D eigenvalue weighted by atomic mass is 31.2. The van der Waals surface area contributed by atoms with Gasteiger partial charge in [-0.2, -0.15) is 0 Å². The Morgan fingerprint density at radius 1 is 0.566 bits per heavy atom. The third-order valence-electron chi connectivity index (χ3n) is 9.26. The number of nitrogens with two attached hydrogens (primary N) is 1. The second-order valence-electron chi connectivity index (χ2n) is 14.5. The van der Waals surface area contributed by atoms with Gasteiger partial charge in [-0.25, -0.2) is 4.57 Å². The summed E-state index contributed by atoms with van der Waals surface area (Å²) in [4.78, 5) is 45.9. The van der Waals surface area contributed by atoms with Crippen molar-refractivity contribution in [3.05, 3.63) is 12.2 Å². The first-order chi connectivity index (χ1) is 25.6. The molecule has 0 aliphatic rings. The highest BCUT2D eigenvalue weighted by molar-refractivity contribution is 7.47. The van der Waals surface area contributed by atoms with E-state index >= 15 is 0 Å². The molecule has 0 rings (SSSR count). The predicted molar refractivity (Wildman–Crippen MR) is 213 cm³/mol. The molecule has 0 saturated carbocycles. The Morgan fingerprint density at radius 2 is 0.943 bits per heavy atom. The Morgan fingerprint density at radius 3 is 1.40 bits per heavy atom. The summed E-state index contributed by atoms with van der Waals surface area (Å²) in [5.41, 5.74) is 5.32. The fraction of sp³-hybridized carbons (Fsp3) is 0.878. The normalized spacial score (nSPS) is 13.9. The number of allylic oxidation sites excluding steroid dienone is 2. The maximum Gasteiger partial charge on any atom is 0.472 e. The van der Waals surface area contributed by atoms with Gasteiger partial charge < -0.3 is 25.2 Å². The summed E-state index contributed by atoms with van der Waals surface area (Å²) in [5, 5.41) is 8.87. The number of ether oxygens (including phenoxy) is 2. The molecule has 0 bridgehead atoms. The lowest BCUT2D eigenvalue weighted by Gasteiger charge is -2.20. The van der Waals surface area contributed by atoms with Crippen molar-refractivity contribution in [1.82, 2.24) is 0 Å². The summed E-state index contributed by atoms with van der Waals surface area (Å²) < 4.78 is 32.6. The number of hydrogen-bond donors (Lipinski definition) is 3. The molecule has 0 radical (unpaired) electrons. The minimum absolute atomic E-state index is 0.166. The Hall–Kier alpha value is -1.78. The number of rotatable bonds is 40. The van der Waals surface area contributed by atoms with Crippen LogP contribution in [0.1, 0.15) is 200 Å². The van der Waals surface area contributed by atoms with Gasteiger partial charge in [0.15, 0.2) is 6.10 Å². The van der Waals surface area contributed by atoms with Crippen LogP contribution in [0.3, 0.4) is 0 Å². The van der Waals surface area contributed by atoms with E-state index in [9.17, 15) is 23.8 Å². The lowest BCUT2D eigenvalue weighted by Crippen LogP contribution is -2.34. The number of phosphoric ester groups is 1. The van der Waals surface area contributed by atoms with Crippen LogP contribution in [-0.2, 0) is 37.5 Å². The highest BCUT2D eigenvalue weighted by Crippen LogP contribution is 2.43. The second kappa shape index (κ2) is 37.2. The molecule has 0 fully saturated rings. The molecular formula is C41H78NO10P. The van der Waals surface area contributed by atoms with Crippen LogP contribution in [0.4, 0.5) is 0 Å². The average molecular weight is 776 g/mol. The molecule has 0 aromatic carbocycles. The molecule has 312 valence electrons. The van der Waals surface area contributed by atoms with Crippen molar-refractivity contribution < 1.29 is 47.5 Å². The number of carboxylic acids is 1. The molecule has 3 atom stereocenters. The van der Waals surface area contributed by atoms with E-state index in [-0.39, 0.29) is 19.4 Å². The quantitative estimate of drug-likeness (QED) is 0.0234. The molecule has 11 nitrogen and oxygen atoms in total. The van der Waals surface area contributed by atoms with Crippen LogP contribution in [0.15, 0.2) is 12.2 Å². The van der Waals surface area contributed by atoms with Crippen LogP contribution >= 0.6 is 7.82 Å². The van der Waals surface area contributed by atoms with Crippen molar-refractivity contribution in [1.29, 1.82) is 0 Å². The number of carboxylic acid groups (broad SMARTS) is 1. The SMILES string of the molecule is CCCCCC/C=C/CCCCCCCCCCCC(=O)OC[C@@H](COP(=O)(O)OC[C@@H](N)C(=O)O)OC(=O)CCCCCCCCCCCCCC. The number of carbonyl (C=O) groups is 3. The maximum absolute atomic E-state index is 12.6. The molecule has 4 N–H and O–H groups in total. The Kier molecular flexibility index (Phi) is 35.9. The van der Waals surface area contributed by atoms with E-state index in [1.807, 2.05) is 0 Å². The largest absolute Gasteiger partial charge is 0.480 e. The first kappa shape index (κ1) is 51.2. The van der Waals surface area contributed by atoms with Crippen molar-refractivity contribution in [2.45, 2.75) is 212 Å². The molecule has 0 aliphatic heterocycles. The third kappa shape index (κ3) is 36.9. The summed E-state index contributed by atoms with van der Waals surface area (Å²) in [6.45, 7) is 2.79. The van der Waals surface area contributed by atoms with Crippen molar-refractivity contribution in [3.63, 3.8) is 0 Å². The van der Waals surface area contributed by atoms with E-state index in [2.05, 4.69) is 30.5 Å². The number of unbranched alkanes of at least 4 members (excludes halogenated alkanes) is 24. The molecule has 0 heterocycles. The molecule has 0 spiro atoms. The number of phosphoric acid groups is 1.